The zero-order valence-electron chi connectivity index (χ0n) is 9.92. The smallest absolute Gasteiger partial charge is 0.0657 e. The minimum atomic E-state index is 0.291. The molecule has 78 valence electrons. The Morgan fingerprint density at radius 2 is 1.77 bits per heavy atom. The van der Waals surface area contributed by atoms with Gasteiger partial charge in [-0.15, -0.1) is 0 Å². The van der Waals surface area contributed by atoms with Crippen LogP contribution in [0.3, 0.4) is 0 Å². The molecule has 1 rings (SSSR count). The van der Waals surface area contributed by atoms with E-state index in [1.165, 1.54) is 0 Å². The second kappa shape index (κ2) is 3.61. The van der Waals surface area contributed by atoms with Crippen LogP contribution in [0, 0.1) is 23.2 Å². The first-order valence-corrected chi connectivity index (χ1v) is 5.45. The van der Waals surface area contributed by atoms with Gasteiger partial charge in [-0.1, -0.05) is 41.5 Å². The maximum Gasteiger partial charge on any atom is 0.0657 e. The van der Waals surface area contributed by atoms with Crippen molar-refractivity contribution >= 4 is 0 Å². The van der Waals surface area contributed by atoms with Gasteiger partial charge in [0.25, 0.3) is 0 Å². The minimum Gasteiger partial charge on any atom is -0.377 e. The maximum atomic E-state index is 5.90. The predicted octanol–water partition coefficient (Wildman–Crippen LogP) is 3.34. The molecule has 0 aromatic rings. The zero-order valence-corrected chi connectivity index (χ0v) is 9.92. The maximum absolute atomic E-state index is 5.90. The molecule has 13 heavy (non-hydrogen) atoms. The van der Waals surface area contributed by atoms with E-state index in [1.807, 2.05) is 0 Å². The Bertz CT molecular complexity index is 166. The highest BCUT2D eigenvalue weighted by Crippen LogP contribution is 2.41. The molecule has 0 radical (unpaired) electrons. The van der Waals surface area contributed by atoms with Gasteiger partial charge in [-0.3, -0.25) is 0 Å². The Morgan fingerprint density at radius 1 is 1.23 bits per heavy atom. The van der Waals surface area contributed by atoms with Crippen LogP contribution < -0.4 is 0 Å². The van der Waals surface area contributed by atoms with Gasteiger partial charge in [0.2, 0.25) is 0 Å². The summed E-state index contributed by atoms with van der Waals surface area (Å²) in [4.78, 5) is 0. The lowest BCUT2D eigenvalue weighted by Gasteiger charge is -2.34. The largest absolute Gasteiger partial charge is 0.377 e. The van der Waals surface area contributed by atoms with E-state index >= 15 is 0 Å². The summed E-state index contributed by atoms with van der Waals surface area (Å²) in [6, 6.07) is 0. The van der Waals surface area contributed by atoms with Crippen molar-refractivity contribution in [2.45, 2.75) is 47.6 Å². The third-order valence-electron chi connectivity index (χ3n) is 3.17. The van der Waals surface area contributed by atoms with Gasteiger partial charge in [0.05, 0.1) is 6.10 Å². The third kappa shape index (κ3) is 2.25. The second-order valence-electron chi connectivity index (χ2n) is 5.92. The van der Waals surface area contributed by atoms with Gasteiger partial charge < -0.3 is 4.74 Å². The standard InChI is InChI=1S/C12H24O/c1-8(2)10-9(3)7-13-11(10)12(4,5)6/h8-11H,7H2,1-6H3/t9-,10?,11?/m0/s1. The van der Waals surface area contributed by atoms with Crippen LogP contribution in [0.25, 0.3) is 0 Å². The summed E-state index contributed by atoms with van der Waals surface area (Å²) in [5.74, 6) is 2.20. The zero-order chi connectivity index (χ0) is 10.2. The normalized spacial score (nSPS) is 35.8. The van der Waals surface area contributed by atoms with Crippen LogP contribution in [0.1, 0.15) is 41.5 Å². The Labute approximate surface area is 82.9 Å². The highest BCUT2D eigenvalue weighted by Gasteiger charge is 2.42. The van der Waals surface area contributed by atoms with Crippen molar-refractivity contribution in [3.63, 3.8) is 0 Å². The summed E-state index contributed by atoms with van der Waals surface area (Å²) in [5.41, 5.74) is 0.291. The fourth-order valence-corrected chi connectivity index (χ4v) is 2.61. The quantitative estimate of drug-likeness (QED) is 0.607. The monoisotopic (exact) mass is 184 g/mol. The molecule has 0 aromatic carbocycles. The average Bonchev–Trinajstić information content (AvgIpc) is 2.28. The van der Waals surface area contributed by atoms with Crippen LogP contribution in [0.2, 0.25) is 0 Å². The Kier molecular flexibility index (Phi) is 3.06. The molecule has 1 aliphatic rings. The Balaban J connectivity index is 2.76. The second-order valence-corrected chi connectivity index (χ2v) is 5.92. The van der Waals surface area contributed by atoms with Gasteiger partial charge in [-0.05, 0) is 23.2 Å². The molecule has 0 aromatic heterocycles. The van der Waals surface area contributed by atoms with E-state index in [2.05, 4.69) is 41.5 Å². The molecule has 1 saturated heterocycles. The van der Waals surface area contributed by atoms with Gasteiger partial charge in [-0.2, -0.15) is 0 Å². The summed E-state index contributed by atoms with van der Waals surface area (Å²) in [5, 5.41) is 0. The van der Waals surface area contributed by atoms with E-state index in [0.29, 0.717) is 11.5 Å². The lowest BCUT2D eigenvalue weighted by molar-refractivity contribution is -0.00254. The summed E-state index contributed by atoms with van der Waals surface area (Å²) >= 11 is 0. The summed E-state index contributed by atoms with van der Waals surface area (Å²) < 4.78 is 5.90. The van der Waals surface area contributed by atoms with E-state index in [9.17, 15) is 0 Å². The van der Waals surface area contributed by atoms with Crippen LogP contribution in [0.4, 0.5) is 0 Å². The van der Waals surface area contributed by atoms with Crippen molar-refractivity contribution in [2.24, 2.45) is 23.2 Å². The van der Waals surface area contributed by atoms with Crippen LogP contribution in [0.5, 0.6) is 0 Å². The molecule has 0 aliphatic carbocycles. The fourth-order valence-electron chi connectivity index (χ4n) is 2.61. The molecule has 0 saturated carbocycles. The molecular weight excluding hydrogens is 160 g/mol. The molecular formula is C12H24O. The third-order valence-corrected chi connectivity index (χ3v) is 3.17. The van der Waals surface area contributed by atoms with E-state index in [0.717, 1.165) is 24.4 Å². The number of hydrogen-bond donors (Lipinski definition) is 0. The number of hydrogen-bond acceptors (Lipinski definition) is 1. The molecule has 3 atom stereocenters. The SMILES string of the molecule is CC(C)C1C(C(C)(C)C)OC[C@@H]1C. The van der Waals surface area contributed by atoms with Gasteiger partial charge in [0.15, 0.2) is 0 Å². The van der Waals surface area contributed by atoms with Crippen LogP contribution in [-0.2, 0) is 4.74 Å². The van der Waals surface area contributed by atoms with Crippen molar-refractivity contribution in [1.82, 2.24) is 0 Å². The Morgan fingerprint density at radius 3 is 2.08 bits per heavy atom. The van der Waals surface area contributed by atoms with E-state index in [1.54, 1.807) is 0 Å². The molecule has 1 nitrogen and oxygen atoms in total. The minimum absolute atomic E-state index is 0.291. The first kappa shape index (κ1) is 11.0. The number of ether oxygens (including phenoxy) is 1. The van der Waals surface area contributed by atoms with Crippen LogP contribution >= 0.6 is 0 Å². The number of rotatable bonds is 1. The first-order valence-electron chi connectivity index (χ1n) is 5.45. The molecule has 0 amide bonds. The van der Waals surface area contributed by atoms with Gasteiger partial charge in [0.1, 0.15) is 0 Å². The van der Waals surface area contributed by atoms with Gasteiger partial charge >= 0.3 is 0 Å². The Hall–Kier alpha value is -0.0400. The molecule has 0 bridgehead atoms. The summed E-state index contributed by atoms with van der Waals surface area (Å²) in [7, 11) is 0. The van der Waals surface area contributed by atoms with Crippen molar-refractivity contribution in [1.29, 1.82) is 0 Å². The molecule has 0 N–H and O–H groups in total. The molecule has 1 heteroatoms. The van der Waals surface area contributed by atoms with Gasteiger partial charge in [-0.25, -0.2) is 0 Å². The lowest BCUT2D eigenvalue weighted by atomic mass is 9.73. The van der Waals surface area contributed by atoms with Crippen LogP contribution in [0.15, 0.2) is 0 Å². The van der Waals surface area contributed by atoms with E-state index in [-0.39, 0.29) is 0 Å². The lowest BCUT2D eigenvalue weighted by Crippen LogP contribution is -2.35. The van der Waals surface area contributed by atoms with E-state index in [4.69, 9.17) is 4.74 Å². The topological polar surface area (TPSA) is 9.23 Å². The molecule has 0 spiro atoms. The first-order chi connectivity index (χ1) is 5.84. The van der Waals surface area contributed by atoms with Crippen molar-refractivity contribution in [3.8, 4) is 0 Å². The summed E-state index contributed by atoms with van der Waals surface area (Å²) in [6.07, 6.45) is 0.447. The fraction of sp³-hybridized carbons (Fsp3) is 1.00. The van der Waals surface area contributed by atoms with E-state index < -0.39 is 0 Å². The molecule has 1 aliphatic heterocycles. The average molecular weight is 184 g/mol. The molecule has 1 fully saturated rings. The molecule has 1 heterocycles. The van der Waals surface area contributed by atoms with Crippen molar-refractivity contribution in [3.05, 3.63) is 0 Å². The highest BCUT2D eigenvalue weighted by atomic mass is 16.5. The predicted molar refractivity (Wildman–Crippen MR) is 56.7 cm³/mol. The van der Waals surface area contributed by atoms with Crippen LogP contribution in [-0.4, -0.2) is 12.7 Å². The van der Waals surface area contributed by atoms with Gasteiger partial charge in [0, 0.05) is 6.61 Å². The summed E-state index contributed by atoms with van der Waals surface area (Å²) in [6.45, 7) is 14.7. The highest BCUT2D eigenvalue weighted by molar-refractivity contribution is 4.90. The van der Waals surface area contributed by atoms with Crippen molar-refractivity contribution < 1.29 is 4.74 Å². The van der Waals surface area contributed by atoms with Crippen molar-refractivity contribution in [2.75, 3.05) is 6.61 Å². The molecule has 2 unspecified atom stereocenters.